The van der Waals surface area contributed by atoms with Gasteiger partial charge >= 0.3 is 0 Å². The largest absolute Gasteiger partial charge is 0.388 e. The molecule has 0 heterocycles. The van der Waals surface area contributed by atoms with Crippen molar-refractivity contribution in [1.82, 2.24) is 0 Å². The number of hydrogen-bond acceptors (Lipinski definition) is 1. The Hall–Kier alpha value is -0.820. The lowest BCUT2D eigenvalue weighted by molar-refractivity contribution is -0.0292. The van der Waals surface area contributed by atoms with E-state index >= 15 is 0 Å². The zero-order valence-electron chi connectivity index (χ0n) is 12.1. The van der Waals surface area contributed by atoms with Gasteiger partial charge in [-0.15, -0.1) is 0 Å². The minimum Gasteiger partial charge on any atom is -0.388 e. The van der Waals surface area contributed by atoms with Crippen LogP contribution in [0.1, 0.15) is 57.3 Å². The van der Waals surface area contributed by atoms with E-state index in [1.807, 2.05) is 0 Å². The van der Waals surface area contributed by atoms with E-state index in [1.54, 1.807) is 0 Å². The van der Waals surface area contributed by atoms with E-state index in [2.05, 4.69) is 52.0 Å². The van der Waals surface area contributed by atoms with Crippen LogP contribution in [0.4, 0.5) is 0 Å². The van der Waals surface area contributed by atoms with Crippen LogP contribution in [-0.2, 0) is 0 Å². The maximum absolute atomic E-state index is 10.7. The standard InChI is InChI=1S/C17H26O/c1-12-7-9-14(10-8-12)16(18)15-13(2)6-5-11-17(15,3)4/h7-10,13,15-16,18H,5-6,11H2,1-4H3/t13-,15-,16?/m0/s1. The summed E-state index contributed by atoms with van der Waals surface area (Å²) in [6.45, 7) is 9.00. The van der Waals surface area contributed by atoms with Crippen LogP contribution in [0.15, 0.2) is 24.3 Å². The summed E-state index contributed by atoms with van der Waals surface area (Å²) >= 11 is 0. The van der Waals surface area contributed by atoms with Gasteiger partial charge in [0.25, 0.3) is 0 Å². The minimum atomic E-state index is -0.323. The van der Waals surface area contributed by atoms with Gasteiger partial charge in [0.2, 0.25) is 0 Å². The van der Waals surface area contributed by atoms with Crippen LogP contribution in [0, 0.1) is 24.2 Å². The summed E-state index contributed by atoms with van der Waals surface area (Å²) in [4.78, 5) is 0. The molecule has 18 heavy (non-hydrogen) atoms. The molecule has 1 fully saturated rings. The highest BCUT2D eigenvalue weighted by molar-refractivity contribution is 5.24. The van der Waals surface area contributed by atoms with Gasteiger partial charge in [0.1, 0.15) is 0 Å². The topological polar surface area (TPSA) is 20.2 Å². The molecule has 1 saturated carbocycles. The molecule has 0 bridgehead atoms. The molecule has 1 unspecified atom stereocenters. The Balaban J connectivity index is 2.25. The molecule has 2 rings (SSSR count). The molecule has 1 aromatic rings. The highest BCUT2D eigenvalue weighted by Gasteiger charge is 2.41. The van der Waals surface area contributed by atoms with Gasteiger partial charge in [-0.3, -0.25) is 0 Å². The summed E-state index contributed by atoms with van der Waals surface area (Å²) in [6.07, 6.45) is 3.45. The molecule has 1 aromatic carbocycles. The van der Waals surface area contributed by atoms with Crippen LogP contribution < -0.4 is 0 Å². The highest BCUT2D eigenvalue weighted by Crippen LogP contribution is 2.49. The van der Waals surface area contributed by atoms with Crippen molar-refractivity contribution in [2.24, 2.45) is 17.3 Å². The predicted octanol–water partition coefficient (Wildman–Crippen LogP) is 4.49. The molecule has 1 aliphatic rings. The quantitative estimate of drug-likeness (QED) is 0.815. The molecule has 100 valence electrons. The van der Waals surface area contributed by atoms with E-state index in [4.69, 9.17) is 0 Å². The van der Waals surface area contributed by atoms with Crippen molar-refractivity contribution < 1.29 is 5.11 Å². The van der Waals surface area contributed by atoms with Gasteiger partial charge in [-0.25, -0.2) is 0 Å². The van der Waals surface area contributed by atoms with Crippen LogP contribution in [0.25, 0.3) is 0 Å². The summed E-state index contributed by atoms with van der Waals surface area (Å²) in [5, 5.41) is 10.7. The smallest absolute Gasteiger partial charge is 0.0825 e. The molecule has 0 saturated heterocycles. The maximum Gasteiger partial charge on any atom is 0.0825 e. The van der Waals surface area contributed by atoms with E-state index in [-0.39, 0.29) is 11.5 Å². The minimum absolute atomic E-state index is 0.238. The Bertz CT molecular complexity index is 391. The molecule has 0 aromatic heterocycles. The molecular weight excluding hydrogens is 220 g/mol. The third kappa shape index (κ3) is 2.61. The molecule has 1 heteroatoms. The first-order valence-electron chi connectivity index (χ1n) is 7.16. The van der Waals surface area contributed by atoms with E-state index in [9.17, 15) is 5.11 Å². The normalized spacial score (nSPS) is 28.9. The predicted molar refractivity (Wildman–Crippen MR) is 76.4 cm³/mol. The van der Waals surface area contributed by atoms with Crippen LogP contribution >= 0.6 is 0 Å². The number of aliphatic hydroxyl groups is 1. The fourth-order valence-electron chi connectivity index (χ4n) is 3.71. The van der Waals surface area contributed by atoms with Gasteiger partial charge in [-0.1, -0.05) is 63.4 Å². The summed E-state index contributed by atoms with van der Waals surface area (Å²) in [7, 11) is 0. The average molecular weight is 246 g/mol. The Morgan fingerprint density at radius 3 is 2.39 bits per heavy atom. The molecule has 1 nitrogen and oxygen atoms in total. The van der Waals surface area contributed by atoms with Crippen LogP contribution in [0.5, 0.6) is 0 Å². The summed E-state index contributed by atoms with van der Waals surface area (Å²) in [5.74, 6) is 0.971. The number of benzene rings is 1. The molecule has 0 radical (unpaired) electrons. The van der Waals surface area contributed by atoms with E-state index in [0.717, 1.165) is 5.56 Å². The fraction of sp³-hybridized carbons (Fsp3) is 0.647. The summed E-state index contributed by atoms with van der Waals surface area (Å²) < 4.78 is 0. The van der Waals surface area contributed by atoms with Crippen molar-refractivity contribution in [3.63, 3.8) is 0 Å². The van der Waals surface area contributed by atoms with Crippen LogP contribution in [0.2, 0.25) is 0 Å². The monoisotopic (exact) mass is 246 g/mol. The summed E-state index contributed by atoms with van der Waals surface area (Å²) in [5.41, 5.74) is 2.57. The highest BCUT2D eigenvalue weighted by atomic mass is 16.3. The van der Waals surface area contributed by atoms with Crippen molar-refractivity contribution in [1.29, 1.82) is 0 Å². The molecule has 0 amide bonds. The van der Waals surface area contributed by atoms with Crippen molar-refractivity contribution in [2.45, 2.75) is 53.1 Å². The van der Waals surface area contributed by atoms with Gasteiger partial charge in [-0.05, 0) is 36.2 Å². The third-order valence-corrected chi connectivity index (χ3v) is 4.76. The van der Waals surface area contributed by atoms with Gasteiger partial charge in [-0.2, -0.15) is 0 Å². The molecular formula is C17H26O. The Labute approximate surface area is 111 Å². The zero-order chi connectivity index (χ0) is 13.3. The lowest BCUT2D eigenvalue weighted by Crippen LogP contribution is -2.37. The van der Waals surface area contributed by atoms with Gasteiger partial charge in [0, 0.05) is 0 Å². The second-order valence-corrected chi connectivity index (χ2v) is 6.74. The Morgan fingerprint density at radius 2 is 1.83 bits per heavy atom. The number of hydrogen-bond donors (Lipinski definition) is 1. The zero-order valence-corrected chi connectivity index (χ0v) is 12.1. The second kappa shape index (κ2) is 5.05. The maximum atomic E-state index is 10.7. The Morgan fingerprint density at radius 1 is 1.22 bits per heavy atom. The Kier molecular flexibility index (Phi) is 3.82. The van der Waals surface area contributed by atoms with Crippen molar-refractivity contribution in [3.05, 3.63) is 35.4 Å². The van der Waals surface area contributed by atoms with E-state index in [0.29, 0.717) is 11.8 Å². The van der Waals surface area contributed by atoms with Crippen LogP contribution in [-0.4, -0.2) is 5.11 Å². The van der Waals surface area contributed by atoms with E-state index in [1.165, 1.54) is 24.8 Å². The SMILES string of the molecule is Cc1ccc(C(O)[C@@H]2[C@@H](C)CCCC2(C)C)cc1. The van der Waals surface area contributed by atoms with Crippen molar-refractivity contribution in [3.8, 4) is 0 Å². The average Bonchev–Trinajstić information content (AvgIpc) is 2.28. The molecule has 3 atom stereocenters. The first kappa shape index (κ1) is 13.6. The van der Waals surface area contributed by atoms with Gasteiger partial charge in [0.05, 0.1) is 6.10 Å². The van der Waals surface area contributed by atoms with Crippen molar-refractivity contribution in [2.75, 3.05) is 0 Å². The lowest BCUT2D eigenvalue weighted by Gasteiger charge is -2.45. The van der Waals surface area contributed by atoms with Gasteiger partial charge < -0.3 is 5.11 Å². The number of aliphatic hydroxyl groups excluding tert-OH is 1. The number of aryl methyl sites for hydroxylation is 1. The second-order valence-electron chi connectivity index (χ2n) is 6.74. The molecule has 0 spiro atoms. The number of rotatable bonds is 2. The van der Waals surface area contributed by atoms with Crippen LogP contribution in [0.3, 0.4) is 0 Å². The molecule has 0 aliphatic heterocycles. The van der Waals surface area contributed by atoms with E-state index < -0.39 is 0 Å². The van der Waals surface area contributed by atoms with Gasteiger partial charge in [0.15, 0.2) is 0 Å². The van der Waals surface area contributed by atoms with Crippen molar-refractivity contribution >= 4 is 0 Å². The molecule has 1 aliphatic carbocycles. The summed E-state index contributed by atoms with van der Waals surface area (Å²) in [6, 6.07) is 8.35. The lowest BCUT2D eigenvalue weighted by atomic mass is 9.61. The third-order valence-electron chi connectivity index (χ3n) is 4.76. The first-order valence-corrected chi connectivity index (χ1v) is 7.16. The fourth-order valence-corrected chi connectivity index (χ4v) is 3.71. The molecule has 1 N–H and O–H groups in total. The first-order chi connectivity index (χ1) is 8.42.